The smallest absolute Gasteiger partial charge is 0.220 e. The third kappa shape index (κ3) is 2.50. The first kappa shape index (κ1) is 12.9. The summed E-state index contributed by atoms with van der Waals surface area (Å²) in [6.45, 7) is 7.26. The van der Waals surface area contributed by atoms with E-state index in [-0.39, 0.29) is 11.3 Å². The number of carbonyl (C=O) groups excluding carboxylic acids is 1. The van der Waals surface area contributed by atoms with E-state index < -0.39 is 0 Å². The maximum atomic E-state index is 11.3. The predicted octanol–water partition coefficient (Wildman–Crippen LogP) is 2.60. The van der Waals surface area contributed by atoms with Crippen molar-refractivity contribution in [3.05, 3.63) is 29.3 Å². The van der Waals surface area contributed by atoms with Gasteiger partial charge in [-0.15, -0.1) is 0 Å². The summed E-state index contributed by atoms with van der Waals surface area (Å²) < 4.78 is 5.43. The van der Waals surface area contributed by atoms with Crippen molar-refractivity contribution < 1.29 is 9.53 Å². The summed E-state index contributed by atoms with van der Waals surface area (Å²) in [4.78, 5) is 11.3. The summed E-state index contributed by atoms with van der Waals surface area (Å²) in [6.07, 6.45) is 0.593. The molecule has 3 nitrogen and oxygen atoms in total. The number of benzene rings is 1. The number of amides is 1. The Morgan fingerprint density at radius 1 is 1.33 bits per heavy atom. The fraction of sp³-hybridized carbons (Fsp3) is 0.533. The predicted molar refractivity (Wildman–Crippen MR) is 72.1 cm³/mol. The van der Waals surface area contributed by atoms with Crippen LogP contribution in [-0.2, 0) is 10.2 Å². The molecule has 1 atom stereocenters. The van der Waals surface area contributed by atoms with Gasteiger partial charge in [-0.2, -0.15) is 0 Å². The minimum Gasteiger partial charge on any atom is -0.496 e. The molecule has 0 saturated carbocycles. The van der Waals surface area contributed by atoms with Crippen LogP contribution < -0.4 is 10.1 Å². The summed E-state index contributed by atoms with van der Waals surface area (Å²) in [7, 11) is 1.70. The van der Waals surface area contributed by atoms with Gasteiger partial charge in [-0.1, -0.05) is 32.9 Å². The van der Waals surface area contributed by atoms with Crippen molar-refractivity contribution in [3.63, 3.8) is 0 Å². The van der Waals surface area contributed by atoms with Gasteiger partial charge in [0.2, 0.25) is 5.91 Å². The molecule has 0 radical (unpaired) electrons. The van der Waals surface area contributed by atoms with Crippen LogP contribution in [0, 0.1) is 0 Å². The van der Waals surface area contributed by atoms with Crippen LogP contribution >= 0.6 is 0 Å². The Morgan fingerprint density at radius 2 is 2.06 bits per heavy atom. The molecule has 1 N–H and O–H groups in total. The van der Waals surface area contributed by atoms with Gasteiger partial charge in [-0.3, -0.25) is 4.79 Å². The van der Waals surface area contributed by atoms with Crippen molar-refractivity contribution in [1.82, 2.24) is 5.32 Å². The standard InChI is InChI=1S/C15H21NO2/c1-15(2,3)12-7-10(5-6-13(12)18-4)11-8-14(17)16-9-11/h5-7,11H,8-9H2,1-4H3,(H,16,17). The zero-order chi connectivity index (χ0) is 13.3. The van der Waals surface area contributed by atoms with Gasteiger partial charge in [0.05, 0.1) is 7.11 Å². The number of hydrogen-bond acceptors (Lipinski definition) is 2. The molecule has 2 rings (SSSR count). The minimum absolute atomic E-state index is 0.0391. The molecule has 18 heavy (non-hydrogen) atoms. The second-order valence-corrected chi connectivity index (χ2v) is 5.91. The number of methoxy groups -OCH3 is 1. The van der Waals surface area contributed by atoms with Crippen LogP contribution in [0.4, 0.5) is 0 Å². The Labute approximate surface area is 109 Å². The highest BCUT2D eigenvalue weighted by atomic mass is 16.5. The molecule has 98 valence electrons. The molecule has 3 heteroatoms. The van der Waals surface area contributed by atoms with Crippen molar-refractivity contribution in [2.24, 2.45) is 0 Å². The molecule has 0 spiro atoms. The van der Waals surface area contributed by atoms with E-state index in [4.69, 9.17) is 4.74 Å². The summed E-state index contributed by atoms with van der Waals surface area (Å²) in [5, 5.41) is 2.88. The molecule has 0 aromatic heterocycles. The average molecular weight is 247 g/mol. The average Bonchev–Trinajstić information content (AvgIpc) is 2.74. The molecule has 1 unspecified atom stereocenters. The fourth-order valence-electron chi connectivity index (χ4n) is 2.41. The van der Waals surface area contributed by atoms with Gasteiger partial charge < -0.3 is 10.1 Å². The molecule has 1 fully saturated rings. The second kappa shape index (κ2) is 4.63. The second-order valence-electron chi connectivity index (χ2n) is 5.91. The van der Waals surface area contributed by atoms with Gasteiger partial charge in [-0.05, 0) is 22.6 Å². The van der Waals surface area contributed by atoms with Gasteiger partial charge in [0, 0.05) is 18.9 Å². The molecule has 1 aromatic rings. The number of hydrogen-bond donors (Lipinski definition) is 1. The third-order valence-corrected chi connectivity index (χ3v) is 3.48. The maximum Gasteiger partial charge on any atom is 0.220 e. The molecule has 1 aromatic carbocycles. The largest absolute Gasteiger partial charge is 0.496 e. The lowest BCUT2D eigenvalue weighted by Gasteiger charge is -2.23. The van der Waals surface area contributed by atoms with Crippen molar-refractivity contribution in [2.45, 2.75) is 38.5 Å². The molecule has 1 saturated heterocycles. The van der Waals surface area contributed by atoms with Crippen LogP contribution in [0.3, 0.4) is 0 Å². The lowest BCUT2D eigenvalue weighted by Crippen LogP contribution is -2.15. The molecular weight excluding hydrogens is 226 g/mol. The zero-order valence-electron chi connectivity index (χ0n) is 11.5. The summed E-state index contributed by atoms with van der Waals surface area (Å²) in [5.41, 5.74) is 2.46. The van der Waals surface area contributed by atoms with Crippen LogP contribution in [0.1, 0.15) is 44.2 Å². The van der Waals surface area contributed by atoms with Crippen molar-refractivity contribution in [2.75, 3.05) is 13.7 Å². The lowest BCUT2D eigenvalue weighted by molar-refractivity contribution is -0.119. The highest BCUT2D eigenvalue weighted by Crippen LogP contribution is 2.35. The first-order chi connectivity index (χ1) is 8.41. The van der Waals surface area contributed by atoms with E-state index in [0.717, 1.165) is 12.3 Å². The van der Waals surface area contributed by atoms with Crippen molar-refractivity contribution >= 4 is 5.91 Å². The van der Waals surface area contributed by atoms with E-state index in [1.165, 1.54) is 11.1 Å². The van der Waals surface area contributed by atoms with Gasteiger partial charge in [0.15, 0.2) is 0 Å². The Balaban J connectivity index is 2.37. The molecule has 1 aliphatic heterocycles. The molecule has 1 heterocycles. The number of carbonyl (C=O) groups is 1. The quantitative estimate of drug-likeness (QED) is 0.872. The van der Waals surface area contributed by atoms with E-state index >= 15 is 0 Å². The topological polar surface area (TPSA) is 38.3 Å². The Kier molecular flexibility index (Phi) is 3.33. The molecular formula is C15H21NO2. The number of rotatable bonds is 2. The third-order valence-electron chi connectivity index (χ3n) is 3.48. The normalized spacial score (nSPS) is 19.8. The van der Waals surface area contributed by atoms with Crippen LogP contribution in [0.5, 0.6) is 5.75 Å². The van der Waals surface area contributed by atoms with Gasteiger partial charge >= 0.3 is 0 Å². The molecule has 0 bridgehead atoms. The minimum atomic E-state index is 0.0391. The van der Waals surface area contributed by atoms with Gasteiger partial charge in [0.25, 0.3) is 0 Å². The zero-order valence-corrected chi connectivity index (χ0v) is 11.5. The Morgan fingerprint density at radius 3 is 2.56 bits per heavy atom. The van der Waals surface area contributed by atoms with E-state index in [0.29, 0.717) is 12.3 Å². The Hall–Kier alpha value is -1.51. The summed E-state index contributed by atoms with van der Waals surface area (Å²) in [6, 6.07) is 6.27. The number of nitrogens with one attached hydrogen (secondary N) is 1. The van der Waals surface area contributed by atoms with E-state index in [1.54, 1.807) is 7.11 Å². The maximum absolute atomic E-state index is 11.3. The van der Waals surface area contributed by atoms with Crippen LogP contribution in [0.2, 0.25) is 0 Å². The van der Waals surface area contributed by atoms with Crippen LogP contribution in [0.15, 0.2) is 18.2 Å². The molecule has 1 aliphatic rings. The van der Waals surface area contributed by atoms with E-state index in [9.17, 15) is 4.79 Å². The van der Waals surface area contributed by atoms with Crippen molar-refractivity contribution in [1.29, 1.82) is 0 Å². The van der Waals surface area contributed by atoms with Crippen LogP contribution in [0.25, 0.3) is 0 Å². The molecule has 1 amide bonds. The Bertz CT molecular complexity index is 460. The first-order valence-corrected chi connectivity index (χ1v) is 6.37. The summed E-state index contributed by atoms with van der Waals surface area (Å²) >= 11 is 0. The highest BCUT2D eigenvalue weighted by Gasteiger charge is 2.26. The summed E-state index contributed by atoms with van der Waals surface area (Å²) in [5.74, 6) is 1.36. The van der Waals surface area contributed by atoms with Gasteiger partial charge in [-0.25, -0.2) is 0 Å². The number of ether oxygens (including phenoxy) is 1. The lowest BCUT2D eigenvalue weighted by atomic mass is 9.83. The van der Waals surface area contributed by atoms with E-state index in [1.807, 2.05) is 6.07 Å². The van der Waals surface area contributed by atoms with Crippen molar-refractivity contribution in [3.8, 4) is 5.75 Å². The monoisotopic (exact) mass is 247 g/mol. The molecule has 0 aliphatic carbocycles. The van der Waals surface area contributed by atoms with Crippen LogP contribution in [-0.4, -0.2) is 19.6 Å². The van der Waals surface area contributed by atoms with Gasteiger partial charge in [0.1, 0.15) is 5.75 Å². The first-order valence-electron chi connectivity index (χ1n) is 6.37. The van der Waals surface area contributed by atoms with E-state index in [2.05, 4.69) is 38.2 Å². The fourth-order valence-corrected chi connectivity index (χ4v) is 2.41. The SMILES string of the molecule is COc1ccc(C2CNC(=O)C2)cc1C(C)(C)C. The highest BCUT2D eigenvalue weighted by molar-refractivity contribution is 5.79.